The highest BCUT2D eigenvalue weighted by atomic mass is 127. The summed E-state index contributed by atoms with van der Waals surface area (Å²) in [6, 6.07) is 2.02. The summed E-state index contributed by atoms with van der Waals surface area (Å²) in [5, 5.41) is 4.21. The topological polar surface area (TPSA) is 35.8 Å². The van der Waals surface area contributed by atoms with Crippen LogP contribution in [0.15, 0.2) is 17.3 Å². The Kier molecular flexibility index (Phi) is 11.1. The van der Waals surface area contributed by atoms with E-state index in [1.807, 2.05) is 19.3 Å². The first-order valence-corrected chi connectivity index (χ1v) is 10.3. The molecule has 7 heteroatoms. The smallest absolute Gasteiger partial charge is 0.194 e. The van der Waals surface area contributed by atoms with Crippen LogP contribution < -0.4 is 5.32 Å². The van der Waals surface area contributed by atoms with Gasteiger partial charge in [0.05, 0.1) is 11.6 Å². The number of piperidine rings is 1. The van der Waals surface area contributed by atoms with Crippen LogP contribution in [0.5, 0.6) is 0 Å². The molecule has 1 aromatic heterocycles. The number of halogens is 2. The molecule has 0 aromatic carbocycles. The van der Waals surface area contributed by atoms with E-state index in [1.165, 1.54) is 38.2 Å². The van der Waals surface area contributed by atoms with E-state index in [0.717, 1.165) is 36.5 Å². The predicted molar refractivity (Wildman–Crippen MR) is 127 cm³/mol. The summed E-state index contributed by atoms with van der Waals surface area (Å²) in [6.45, 7) is 12.9. The Hall–Kier alpha value is -0.470. The Balaban J connectivity index is 0.00000364. The molecule has 1 aliphatic heterocycles. The summed E-state index contributed by atoms with van der Waals surface area (Å²) in [7, 11) is 4.12. The van der Waals surface area contributed by atoms with Crippen molar-refractivity contribution in [2.24, 2.45) is 23.9 Å². The van der Waals surface area contributed by atoms with Gasteiger partial charge in [-0.15, -0.1) is 24.0 Å². The minimum atomic E-state index is 0. The molecule has 0 amide bonds. The second-order valence-corrected chi connectivity index (χ2v) is 8.41. The summed E-state index contributed by atoms with van der Waals surface area (Å²) >= 11 is 6.11. The number of nitrogens with one attached hydrogen (secondary N) is 1. The summed E-state index contributed by atoms with van der Waals surface area (Å²) in [6.07, 6.45) is 4.52. The van der Waals surface area contributed by atoms with E-state index in [-0.39, 0.29) is 24.0 Å². The number of guanidine groups is 1. The lowest BCUT2D eigenvalue weighted by atomic mass is 9.97. The fourth-order valence-corrected chi connectivity index (χ4v) is 3.98. The second-order valence-electron chi connectivity index (χ2n) is 7.97. The molecule has 1 unspecified atom stereocenters. The number of aliphatic imine (C=N–C) groups is 1. The highest BCUT2D eigenvalue weighted by Crippen LogP contribution is 2.18. The van der Waals surface area contributed by atoms with Crippen LogP contribution in [-0.2, 0) is 13.6 Å². The maximum atomic E-state index is 6.11. The molecule has 1 aliphatic rings. The zero-order valence-electron chi connectivity index (χ0n) is 17.5. The third kappa shape index (κ3) is 8.20. The largest absolute Gasteiger partial charge is 0.357 e. The van der Waals surface area contributed by atoms with E-state index in [1.54, 1.807) is 0 Å². The summed E-state index contributed by atoms with van der Waals surface area (Å²) in [5.41, 5.74) is 1.18. The molecule has 1 saturated heterocycles. The van der Waals surface area contributed by atoms with E-state index in [9.17, 15) is 0 Å². The molecule has 2 rings (SSSR count). The third-order valence-corrected chi connectivity index (χ3v) is 5.10. The average Bonchev–Trinajstić information content (AvgIpc) is 2.88. The van der Waals surface area contributed by atoms with Gasteiger partial charge < -0.3 is 19.7 Å². The van der Waals surface area contributed by atoms with Crippen LogP contribution in [0.1, 0.15) is 39.3 Å². The average molecular weight is 510 g/mol. The van der Waals surface area contributed by atoms with Crippen molar-refractivity contribution in [2.75, 3.05) is 39.8 Å². The summed E-state index contributed by atoms with van der Waals surface area (Å²) in [4.78, 5) is 9.74. The van der Waals surface area contributed by atoms with Gasteiger partial charge in [0.25, 0.3) is 0 Å². The lowest BCUT2D eigenvalue weighted by molar-refractivity contribution is 0.162. The molecule has 0 radical (unpaired) electrons. The van der Waals surface area contributed by atoms with Crippen LogP contribution in [0.2, 0.25) is 5.02 Å². The molecule has 156 valence electrons. The fraction of sp³-hybridized carbons (Fsp3) is 0.750. The van der Waals surface area contributed by atoms with Crippen molar-refractivity contribution < 1.29 is 0 Å². The zero-order valence-corrected chi connectivity index (χ0v) is 20.6. The van der Waals surface area contributed by atoms with Gasteiger partial charge in [-0.05, 0) is 44.2 Å². The van der Waals surface area contributed by atoms with Gasteiger partial charge in [-0.1, -0.05) is 25.4 Å². The lowest BCUT2D eigenvalue weighted by Crippen LogP contribution is -2.41. The Labute approximate surface area is 187 Å². The molecule has 1 atom stereocenters. The van der Waals surface area contributed by atoms with E-state index >= 15 is 0 Å². The normalized spacial score (nSPS) is 18.5. The molecule has 5 nitrogen and oxygen atoms in total. The minimum Gasteiger partial charge on any atom is -0.357 e. The van der Waals surface area contributed by atoms with E-state index < -0.39 is 0 Å². The highest BCUT2D eigenvalue weighted by Gasteiger charge is 2.20. The van der Waals surface area contributed by atoms with Crippen LogP contribution in [0.25, 0.3) is 0 Å². The molecular formula is C20H37ClIN5. The molecule has 2 heterocycles. The lowest BCUT2D eigenvalue weighted by Gasteiger charge is -2.33. The van der Waals surface area contributed by atoms with Crippen molar-refractivity contribution >= 4 is 41.5 Å². The number of rotatable bonds is 7. The van der Waals surface area contributed by atoms with Gasteiger partial charge in [-0.2, -0.15) is 0 Å². The van der Waals surface area contributed by atoms with E-state index in [0.29, 0.717) is 5.92 Å². The van der Waals surface area contributed by atoms with Crippen LogP contribution in [-0.4, -0.2) is 60.1 Å². The van der Waals surface area contributed by atoms with Crippen LogP contribution in [0.4, 0.5) is 0 Å². The monoisotopic (exact) mass is 509 g/mol. The van der Waals surface area contributed by atoms with Crippen molar-refractivity contribution in [3.8, 4) is 0 Å². The van der Waals surface area contributed by atoms with Gasteiger partial charge in [0, 0.05) is 52.2 Å². The molecule has 0 saturated carbocycles. The van der Waals surface area contributed by atoms with E-state index in [4.69, 9.17) is 16.6 Å². The third-order valence-electron chi connectivity index (χ3n) is 4.90. The SMILES string of the molecule is CCNC(=NCC1CCCN(CC(C)C)C1)N(C)Cc1cc(Cl)cn1C.I. The number of hydrogen-bond donors (Lipinski definition) is 1. The quantitative estimate of drug-likeness (QED) is 0.342. The Bertz CT molecular complexity index is 587. The first-order chi connectivity index (χ1) is 12.4. The van der Waals surface area contributed by atoms with Gasteiger partial charge in [0.1, 0.15) is 0 Å². The molecule has 0 aliphatic carbocycles. The van der Waals surface area contributed by atoms with Crippen LogP contribution >= 0.6 is 35.6 Å². The predicted octanol–water partition coefficient (Wildman–Crippen LogP) is 4.06. The van der Waals surface area contributed by atoms with Crippen LogP contribution in [0.3, 0.4) is 0 Å². The maximum absolute atomic E-state index is 6.11. The van der Waals surface area contributed by atoms with Gasteiger partial charge in [-0.3, -0.25) is 4.99 Å². The van der Waals surface area contributed by atoms with Gasteiger partial charge in [0.15, 0.2) is 5.96 Å². The minimum absolute atomic E-state index is 0. The highest BCUT2D eigenvalue weighted by molar-refractivity contribution is 14.0. The van der Waals surface area contributed by atoms with Crippen molar-refractivity contribution in [1.29, 1.82) is 0 Å². The Morgan fingerprint density at radius 1 is 1.44 bits per heavy atom. The van der Waals surface area contributed by atoms with Crippen molar-refractivity contribution in [2.45, 2.75) is 40.2 Å². The maximum Gasteiger partial charge on any atom is 0.194 e. The second kappa shape index (κ2) is 12.2. The van der Waals surface area contributed by atoms with Gasteiger partial charge >= 0.3 is 0 Å². The van der Waals surface area contributed by atoms with Crippen LogP contribution in [0, 0.1) is 11.8 Å². The number of aryl methyl sites for hydroxylation is 1. The molecule has 1 fully saturated rings. The first kappa shape index (κ1) is 24.6. The molecule has 0 bridgehead atoms. The summed E-state index contributed by atoms with van der Waals surface area (Å²) < 4.78 is 2.08. The molecule has 0 spiro atoms. The Morgan fingerprint density at radius 2 is 2.19 bits per heavy atom. The molecule has 27 heavy (non-hydrogen) atoms. The number of hydrogen-bond acceptors (Lipinski definition) is 2. The number of nitrogens with zero attached hydrogens (tertiary/aromatic N) is 4. The fourth-order valence-electron chi connectivity index (χ4n) is 3.71. The van der Waals surface area contributed by atoms with Crippen molar-refractivity contribution in [3.05, 3.63) is 23.0 Å². The Morgan fingerprint density at radius 3 is 2.78 bits per heavy atom. The van der Waals surface area contributed by atoms with E-state index in [2.05, 4.69) is 47.5 Å². The van der Waals surface area contributed by atoms with Gasteiger partial charge in [-0.25, -0.2) is 0 Å². The van der Waals surface area contributed by atoms with Crippen molar-refractivity contribution in [1.82, 2.24) is 19.7 Å². The zero-order chi connectivity index (χ0) is 19.1. The summed E-state index contributed by atoms with van der Waals surface area (Å²) in [5.74, 6) is 2.37. The number of likely N-dealkylation sites (tertiary alicyclic amines) is 1. The standard InChI is InChI=1S/C20H36ClN5.HI/c1-6-22-20(25(5)15-19-10-18(21)14-24(19)4)23-11-17-8-7-9-26(13-17)12-16(2)3;/h10,14,16-17H,6-9,11-13,15H2,1-5H3,(H,22,23);1H. The molecule has 1 N–H and O–H groups in total. The van der Waals surface area contributed by atoms with Crippen molar-refractivity contribution in [3.63, 3.8) is 0 Å². The first-order valence-electron chi connectivity index (χ1n) is 9.91. The number of aromatic nitrogens is 1. The molecule has 1 aromatic rings. The van der Waals surface area contributed by atoms with Gasteiger partial charge in [0.2, 0.25) is 0 Å². The molecular weight excluding hydrogens is 473 g/mol.